The van der Waals surface area contributed by atoms with Crippen LogP contribution in [0.3, 0.4) is 0 Å². The molecule has 5 aliphatic rings. The van der Waals surface area contributed by atoms with Crippen LogP contribution in [0, 0.1) is 11.8 Å². The minimum atomic E-state index is -0.143. The zero-order valence-corrected chi connectivity index (χ0v) is 33.3. The summed E-state index contributed by atoms with van der Waals surface area (Å²) in [7, 11) is 0. The van der Waals surface area contributed by atoms with E-state index in [1.807, 2.05) is 0 Å². The molecule has 13 rings (SSSR count). The van der Waals surface area contributed by atoms with Crippen molar-refractivity contribution in [3.05, 3.63) is 233 Å². The van der Waals surface area contributed by atoms with Crippen molar-refractivity contribution in [3.63, 3.8) is 0 Å². The summed E-state index contributed by atoms with van der Waals surface area (Å²) in [6, 6.07) is 57.4. The summed E-state index contributed by atoms with van der Waals surface area (Å²) >= 11 is 0. The third kappa shape index (κ3) is 4.35. The number of hydrogen-bond donors (Lipinski definition) is 0. The first-order valence-corrected chi connectivity index (χ1v) is 21.3. The quantitative estimate of drug-likeness (QED) is 0.169. The molecule has 1 nitrogen and oxygen atoms in total. The maximum Gasteiger partial charge on any atom is 0.0541 e. The van der Waals surface area contributed by atoms with Crippen molar-refractivity contribution in [2.75, 3.05) is 0 Å². The van der Waals surface area contributed by atoms with Gasteiger partial charge in [-0.2, -0.15) is 0 Å². The van der Waals surface area contributed by atoms with Crippen molar-refractivity contribution in [2.24, 2.45) is 11.8 Å². The van der Waals surface area contributed by atoms with Crippen molar-refractivity contribution in [3.8, 4) is 11.1 Å². The fourth-order valence-electron chi connectivity index (χ4n) is 12.5. The van der Waals surface area contributed by atoms with Crippen molar-refractivity contribution in [2.45, 2.75) is 36.5 Å². The van der Waals surface area contributed by atoms with Crippen LogP contribution < -0.4 is 0 Å². The van der Waals surface area contributed by atoms with Gasteiger partial charge in [-0.15, -0.1) is 0 Å². The van der Waals surface area contributed by atoms with Crippen molar-refractivity contribution in [1.82, 2.24) is 4.57 Å². The summed E-state index contributed by atoms with van der Waals surface area (Å²) in [6.45, 7) is 4.75. The summed E-state index contributed by atoms with van der Waals surface area (Å²) < 4.78 is 2.54. The molecule has 0 saturated heterocycles. The van der Waals surface area contributed by atoms with Gasteiger partial charge >= 0.3 is 0 Å². The SMILES string of the molecule is CC1(C)C(c2cccc3ccccc23)=Cc2cc(-c3ccc4c(c3)c3ccccc3n4C3=CC4C(C=C3)c3ccccc3C43c4ccccc4C4C=CC=CC43)ccc21. The van der Waals surface area contributed by atoms with E-state index in [0.717, 1.165) is 0 Å². The van der Waals surface area contributed by atoms with Gasteiger partial charge in [0.1, 0.15) is 0 Å². The number of fused-ring (bicyclic) bond motifs is 15. The second-order valence-electron chi connectivity index (χ2n) is 18.0. The first-order chi connectivity index (χ1) is 29.0. The standard InChI is InChI=1S/C58H43N/c1-57(2)49-30-26-37(32-39(49)34-53(57)42-21-13-15-36-14-3-4-16-41(36)42)38-27-31-56-48(33-38)47-20-8-12-25-55(47)59(56)40-28-29-46-45-19-7-11-24-52(45)58(54(46)35-40)50-22-9-5-17-43(50)44-18-6-10-23-51(44)58/h3-35,43,46,50,54H,1-2H3. The maximum absolute atomic E-state index is 2.65. The fraction of sp³-hybridized carbons (Fsp3) is 0.138. The van der Waals surface area contributed by atoms with Gasteiger partial charge < -0.3 is 4.57 Å². The molecule has 1 heterocycles. The first kappa shape index (κ1) is 33.3. The van der Waals surface area contributed by atoms with Gasteiger partial charge in [0.2, 0.25) is 0 Å². The minimum Gasteiger partial charge on any atom is -0.310 e. The van der Waals surface area contributed by atoms with Crippen LogP contribution in [0.2, 0.25) is 0 Å². The van der Waals surface area contributed by atoms with E-state index >= 15 is 0 Å². The molecular formula is C58H43N. The number of nitrogens with zero attached hydrogens (tertiary/aromatic N) is 1. The molecule has 280 valence electrons. The van der Waals surface area contributed by atoms with Crippen LogP contribution in [0.15, 0.2) is 194 Å². The Balaban J connectivity index is 0.950. The number of para-hydroxylation sites is 1. The zero-order valence-electron chi connectivity index (χ0n) is 33.3. The van der Waals surface area contributed by atoms with Crippen LogP contribution in [0.4, 0.5) is 0 Å². The lowest BCUT2D eigenvalue weighted by Gasteiger charge is -2.41. The molecular weight excluding hydrogens is 711 g/mol. The van der Waals surface area contributed by atoms with Gasteiger partial charge in [-0.05, 0) is 103 Å². The van der Waals surface area contributed by atoms with Gasteiger partial charge in [0.15, 0.2) is 0 Å². The van der Waals surface area contributed by atoms with E-state index in [-0.39, 0.29) is 16.7 Å². The van der Waals surface area contributed by atoms with E-state index in [4.69, 9.17) is 0 Å². The number of benzene rings is 7. The largest absolute Gasteiger partial charge is 0.310 e. The predicted octanol–water partition coefficient (Wildman–Crippen LogP) is 14.4. The molecule has 5 atom stereocenters. The van der Waals surface area contributed by atoms with Crippen LogP contribution in [0.5, 0.6) is 0 Å². The summed E-state index contributed by atoms with van der Waals surface area (Å²) in [4.78, 5) is 0. The molecule has 0 N–H and O–H groups in total. The predicted molar refractivity (Wildman–Crippen MR) is 248 cm³/mol. The Kier molecular flexibility index (Phi) is 6.73. The highest BCUT2D eigenvalue weighted by molar-refractivity contribution is 6.12. The highest BCUT2D eigenvalue weighted by atomic mass is 15.0. The number of aromatic nitrogens is 1. The monoisotopic (exact) mass is 753 g/mol. The first-order valence-electron chi connectivity index (χ1n) is 21.3. The Hall–Kier alpha value is -6.70. The zero-order chi connectivity index (χ0) is 39.0. The van der Waals surface area contributed by atoms with Gasteiger partial charge in [0.05, 0.1) is 11.0 Å². The van der Waals surface area contributed by atoms with Gasteiger partial charge in [-0.1, -0.05) is 178 Å². The summed E-state index contributed by atoms with van der Waals surface area (Å²) in [5, 5.41) is 5.18. The Morgan fingerprint density at radius 1 is 0.508 bits per heavy atom. The second-order valence-corrected chi connectivity index (χ2v) is 18.0. The second kappa shape index (κ2) is 11.9. The van der Waals surface area contributed by atoms with E-state index in [0.29, 0.717) is 17.8 Å². The van der Waals surface area contributed by atoms with Crippen LogP contribution in [0.25, 0.3) is 61.1 Å². The molecule has 0 fully saturated rings. The number of hydrogen-bond acceptors (Lipinski definition) is 0. The molecule has 8 aromatic rings. The van der Waals surface area contributed by atoms with Crippen LogP contribution >= 0.6 is 0 Å². The van der Waals surface area contributed by atoms with Crippen molar-refractivity contribution >= 4 is 49.9 Å². The Labute approximate surface area is 345 Å². The van der Waals surface area contributed by atoms with Gasteiger partial charge in [0.25, 0.3) is 0 Å². The van der Waals surface area contributed by atoms with Crippen LogP contribution in [-0.4, -0.2) is 4.57 Å². The number of rotatable bonds is 3. The highest BCUT2D eigenvalue weighted by Crippen LogP contribution is 2.67. The topological polar surface area (TPSA) is 4.93 Å². The fourth-order valence-corrected chi connectivity index (χ4v) is 12.5. The lowest BCUT2D eigenvalue weighted by atomic mass is 9.61. The minimum absolute atomic E-state index is 0.0969. The van der Waals surface area contributed by atoms with E-state index in [9.17, 15) is 0 Å². The van der Waals surface area contributed by atoms with Crippen molar-refractivity contribution in [1.29, 1.82) is 0 Å². The van der Waals surface area contributed by atoms with Gasteiger partial charge in [-0.3, -0.25) is 0 Å². The van der Waals surface area contributed by atoms with E-state index in [2.05, 4.69) is 219 Å². The molecule has 1 spiro atoms. The third-order valence-electron chi connectivity index (χ3n) is 15.0. The molecule has 0 aliphatic heterocycles. The molecule has 5 aliphatic carbocycles. The van der Waals surface area contributed by atoms with Crippen LogP contribution in [0.1, 0.15) is 64.6 Å². The van der Waals surface area contributed by atoms with E-state index < -0.39 is 0 Å². The molecule has 1 heteroatoms. The summed E-state index contributed by atoms with van der Waals surface area (Å²) in [6.07, 6.45) is 19.5. The molecule has 0 bridgehead atoms. The normalized spacial score (nSPS) is 24.0. The average molecular weight is 754 g/mol. The molecule has 59 heavy (non-hydrogen) atoms. The average Bonchev–Trinajstić information content (AvgIpc) is 3.97. The molecule has 0 saturated carbocycles. The molecule has 7 aromatic carbocycles. The molecule has 0 radical (unpaired) electrons. The third-order valence-corrected chi connectivity index (χ3v) is 15.0. The maximum atomic E-state index is 2.65. The van der Waals surface area contributed by atoms with Crippen molar-refractivity contribution < 1.29 is 0 Å². The number of allylic oxidation sites excluding steroid dienone is 9. The van der Waals surface area contributed by atoms with E-state index in [1.54, 1.807) is 0 Å². The Morgan fingerprint density at radius 2 is 1.17 bits per heavy atom. The van der Waals surface area contributed by atoms with E-state index in [1.165, 1.54) is 93.9 Å². The van der Waals surface area contributed by atoms with Gasteiger partial charge in [0, 0.05) is 51.0 Å². The Bertz CT molecular complexity index is 3260. The highest BCUT2D eigenvalue weighted by Gasteiger charge is 2.61. The molecule has 1 aromatic heterocycles. The summed E-state index contributed by atoms with van der Waals surface area (Å²) in [5.74, 6) is 1.34. The Morgan fingerprint density at radius 3 is 2.02 bits per heavy atom. The van der Waals surface area contributed by atoms with Crippen LogP contribution in [-0.2, 0) is 10.8 Å². The summed E-state index contributed by atoms with van der Waals surface area (Å²) in [5.41, 5.74) is 17.4. The van der Waals surface area contributed by atoms with Gasteiger partial charge in [-0.25, -0.2) is 0 Å². The lowest BCUT2D eigenvalue weighted by molar-refractivity contribution is 0.312. The molecule has 5 unspecified atom stereocenters. The lowest BCUT2D eigenvalue weighted by Crippen LogP contribution is -2.38. The smallest absolute Gasteiger partial charge is 0.0541 e. The molecule has 0 amide bonds.